The number of aliphatic hydroxyl groups is 2. The zero-order valence-corrected chi connectivity index (χ0v) is 30.0. The minimum Gasteiger partial charge on any atom is -0.393 e. The molecule has 7 aliphatic rings. The van der Waals surface area contributed by atoms with Crippen LogP contribution in [0.25, 0.3) is 11.1 Å². The Morgan fingerprint density at radius 3 is 2.24 bits per heavy atom. The molecule has 1 heterocycles. The molecule has 2 N–H and O–H groups in total. The van der Waals surface area contributed by atoms with Gasteiger partial charge in [0.05, 0.1) is 11.7 Å². The molecule has 0 radical (unpaired) electrons. The van der Waals surface area contributed by atoms with Crippen molar-refractivity contribution in [2.75, 3.05) is 37.6 Å². The molecule has 8 unspecified atom stereocenters. The number of β-amino-alcohol motifs (C(OH)–C–C–N with tert-alkyl or cyclic N) is 1. The van der Waals surface area contributed by atoms with Crippen LogP contribution in [0.3, 0.4) is 0 Å². The Balaban J connectivity index is 1.08. The summed E-state index contributed by atoms with van der Waals surface area (Å²) in [5.41, 5.74) is 2.49. The lowest BCUT2D eigenvalue weighted by atomic mass is 9.32. The van der Waals surface area contributed by atoms with Crippen molar-refractivity contribution in [3.63, 3.8) is 0 Å². The van der Waals surface area contributed by atoms with E-state index >= 15 is 4.79 Å². The number of benzene rings is 3. The molecule has 1 saturated heterocycles. The minimum absolute atomic E-state index is 0.0670. The highest BCUT2D eigenvalue weighted by Crippen LogP contribution is 2.78. The number of carbonyl (C=O) groups excluding carboxylic acids is 1. The number of hydrogen-bond donors (Lipinski definition) is 2. The maximum Gasteiger partial charge on any atom is 0.190 e. The maximum atomic E-state index is 15.4. The Bertz CT molecular complexity index is 1900. The van der Waals surface area contributed by atoms with Gasteiger partial charge < -0.3 is 15.1 Å². The Morgan fingerprint density at radius 1 is 0.804 bits per heavy atom. The van der Waals surface area contributed by atoms with Crippen LogP contribution in [0.5, 0.6) is 0 Å². The molecule has 6 heteroatoms. The van der Waals surface area contributed by atoms with Crippen molar-refractivity contribution in [3.05, 3.63) is 114 Å². The molecule has 3 saturated carbocycles. The Kier molecular flexibility index (Phi) is 7.64. The lowest BCUT2D eigenvalue weighted by Crippen LogP contribution is -2.67. The molecular weight excluding hydrogens is 636 g/mol. The number of Topliss-reactive ketones (excluding diaryl/α,β-unsaturated/α-hetero) is 1. The number of carbonyl (C=O) groups is 1. The van der Waals surface area contributed by atoms with E-state index in [1.54, 1.807) is 0 Å². The molecule has 0 amide bonds. The molecule has 1 aliphatic heterocycles. The molecule has 2 spiro atoms. The van der Waals surface area contributed by atoms with Crippen LogP contribution in [0.15, 0.2) is 103 Å². The normalized spacial score (nSPS) is 38.5. The molecule has 51 heavy (non-hydrogen) atoms. The fourth-order valence-corrected chi connectivity index (χ4v) is 12.5. The first-order chi connectivity index (χ1) is 24.5. The molecule has 0 aromatic heterocycles. The fraction of sp³-hybridized carbons (Fsp3) is 0.489. The smallest absolute Gasteiger partial charge is 0.190 e. The highest BCUT2D eigenvalue weighted by molar-refractivity contribution is 6.14. The molecule has 4 fully saturated rings. The second-order valence-corrected chi connectivity index (χ2v) is 17.3. The first kappa shape index (κ1) is 33.3. The zero-order valence-electron chi connectivity index (χ0n) is 30.0. The first-order valence-corrected chi connectivity index (χ1v) is 19.3. The number of fused-ring (bicyclic) bond motifs is 1. The van der Waals surface area contributed by atoms with E-state index < -0.39 is 11.0 Å². The second kappa shape index (κ2) is 11.7. The molecule has 3 aromatic carbocycles. The van der Waals surface area contributed by atoms with Gasteiger partial charge in [0.2, 0.25) is 0 Å². The van der Waals surface area contributed by atoms with E-state index in [-0.39, 0.29) is 45.8 Å². The van der Waals surface area contributed by atoms with Crippen LogP contribution in [-0.2, 0) is 0 Å². The molecule has 5 nitrogen and oxygen atoms in total. The van der Waals surface area contributed by atoms with Gasteiger partial charge in [0.25, 0.3) is 0 Å². The van der Waals surface area contributed by atoms with Crippen LogP contribution in [0.1, 0.15) is 69.2 Å². The predicted octanol–water partition coefficient (Wildman–Crippen LogP) is 8.09. The van der Waals surface area contributed by atoms with E-state index in [1.165, 1.54) is 12.1 Å². The number of allylic oxidation sites excluding steroid dienone is 4. The fourth-order valence-electron chi connectivity index (χ4n) is 12.5. The van der Waals surface area contributed by atoms with Gasteiger partial charge in [-0.15, -0.1) is 0 Å². The number of ketones is 1. The molecule has 8 atom stereocenters. The quantitative estimate of drug-likeness (QED) is 0.203. The molecule has 2 bridgehead atoms. The van der Waals surface area contributed by atoms with Gasteiger partial charge in [-0.3, -0.25) is 9.69 Å². The number of halogens is 1. The lowest BCUT2D eigenvalue weighted by molar-refractivity contribution is -0.176. The van der Waals surface area contributed by atoms with Crippen LogP contribution in [0.2, 0.25) is 0 Å². The number of nitrogens with zero attached hydrogens (tertiary/aromatic N) is 2. The summed E-state index contributed by atoms with van der Waals surface area (Å²) in [5, 5.41) is 24.0. The third-order valence-electron chi connectivity index (χ3n) is 15.3. The largest absolute Gasteiger partial charge is 0.393 e. The van der Waals surface area contributed by atoms with E-state index in [9.17, 15) is 14.6 Å². The van der Waals surface area contributed by atoms with Crippen LogP contribution in [0.4, 0.5) is 10.1 Å². The summed E-state index contributed by atoms with van der Waals surface area (Å²) >= 11 is 0. The molecular formula is C45H51FN2O3. The van der Waals surface area contributed by atoms with Gasteiger partial charge in [-0.05, 0) is 97.6 Å². The Hall–Kier alpha value is -3.58. The van der Waals surface area contributed by atoms with Crippen molar-refractivity contribution in [3.8, 4) is 11.1 Å². The van der Waals surface area contributed by atoms with E-state index in [0.717, 1.165) is 92.7 Å². The number of hydrogen-bond acceptors (Lipinski definition) is 5. The lowest BCUT2D eigenvalue weighted by Gasteiger charge is -2.71. The Labute approximate surface area is 301 Å². The SMILES string of the molecule is CC12CCC(O)CC13C=CC1(C(C(=O)c4ccccc4-c4ccccc4)=C3)C2CCC2(C)C1CCC2(O)CN1CCN(c2ccc(F)cc2)CC1. The first-order valence-electron chi connectivity index (χ1n) is 19.3. The van der Waals surface area contributed by atoms with Crippen molar-refractivity contribution in [1.82, 2.24) is 4.90 Å². The van der Waals surface area contributed by atoms with Gasteiger partial charge in [0.15, 0.2) is 5.78 Å². The highest BCUT2D eigenvalue weighted by atomic mass is 19.1. The number of piperazine rings is 1. The summed E-state index contributed by atoms with van der Waals surface area (Å²) in [5.74, 6) is 0.257. The van der Waals surface area contributed by atoms with Crippen molar-refractivity contribution in [1.29, 1.82) is 0 Å². The predicted molar refractivity (Wildman–Crippen MR) is 200 cm³/mol. The van der Waals surface area contributed by atoms with Crippen molar-refractivity contribution in [2.45, 2.75) is 70.5 Å². The van der Waals surface area contributed by atoms with Crippen LogP contribution < -0.4 is 4.90 Å². The van der Waals surface area contributed by atoms with Crippen LogP contribution in [0, 0.1) is 39.3 Å². The third kappa shape index (κ3) is 4.71. The molecule has 10 rings (SSSR count). The zero-order chi connectivity index (χ0) is 35.2. The summed E-state index contributed by atoms with van der Waals surface area (Å²) in [6.45, 7) is 8.77. The summed E-state index contributed by atoms with van der Waals surface area (Å²) in [4.78, 5) is 20.1. The third-order valence-corrected chi connectivity index (χ3v) is 15.3. The van der Waals surface area contributed by atoms with Gasteiger partial charge in [-0.2, -0.15) is 0 Å². The second-order valence-electron chi connectivity index (χ2n) is 17.3. The maximum absolute atomic E-state index is 15.4. The van der Waals surface area contributed by atoms with Gasteiger partial charge in [-0.1, -0.05) is 86.7 Å². The van der Waals surface area contributed by atoms with Gasteiger partial charge in [-0.25, -0.2) is 4.39 Å². The number of aliphatic hydroxyl groups excluding tert-OH is 1. The van der Waals surface area contributed by atoms with E-state index in [1.807, 2.05) is 48.5 Å². The summed E-state index contributed by atoms with van der Waals surface area (Å²) in [6.07, 6.45) is 12.6. The number of rotatable bonds is 6. The monoisotopic (exact) mass is 686 g/mol. The summed E-state index contributed by atoms with van der Waals surface area (Å²) in [6, 6.07) is 25.0. The van der Waals surface area contributed by atoms with Gasteiger partial charge in [0, 0.05) is 65.8 Å². The number of anilines is 1. The minimum atomic E-state index is -0.880. The standard InChI is InChI=1S/C45H51FN2O3/c1-41-19-16-34(49)28-43(41)22-23-45(37(29-43)40(50)36-11-7-6-10-35(36)31-8-4-3-5-9-31)38(41)17-20-42(2)39(45)18-21-44(42,51)30-47-24-26-48(27-25-47)33-14-12-32(46)13-15-33/h3-15,22-23,29,34,38-39,49,51H,16-21,24-28,30H2,1-2H3. The molecule has 266 valence electrons. The highest BCUT2D eigenvalue weighted by Gasteiger charge is 2.74. The van der Waals surface area contributed by atoms with Crippen LogP contribution >= 0.6 is 0 Å². The molecule has 3 aromatic rings. The van der Waals surface area contributed by atoms with Crippen LogP contribution in [-0.4, -0.2) is 65.3 Å². The van der Waals surface area contributed by atoms with Gasteiger partial charge in [0.1, 0.15) is 5.82 Å². The molecule has 6 aliphatic carbocycles. The average Bonchev–Trinajstić information content (AvgIpc) is 3.42. The van der Waals surface area contributed by atoms with E-state index in [4.69, 9.17) is 0 Å². The Morgan fingerprint density at radius 2 is 1.47 bits per heavy atom. The van der Waals surface area contributed by atoms with E-state index in [2.05, 4.69) is 60.1 Å². The van der Waals surface area contributed by atoms with Crippen molar-refractivity contribution in [2.24, 2.45) is 33.5 Å². The van der Waals surface area contributed by atoms with Gasteiger partial charge >= 0.3 is 0 Å². The summed E-state index contributed by atoms with van der Waals surface area (Å²) < 4.78 is 13.6. The topological polar surface area (TPSA) is 64.0 Å². The average molecular weight is 687 g/mol. The van der Waals surface area contributed by atoms with E-state index in [0.29, 0.717) is 13.0 Å². The van der Waals surface area contributed by atoms with Crippen molar-refractivity contribution < 1.29 is 19.4 Å². The van der Waals surface area contributed by atoms with Crippen molar-refractivity contribution >= 4 is 11.5 Å². The summed E-state index contributed by atoms with van der Waals surface area (Å²) in [7, 11) is 0.